The number of nitrogen functional groups attached to an aromatic ring is 1. The average molecular weight is 351 g/mol. The lowest BCUT2D eigenvalue weighted by Gasteiger charge is -2.07. The number of hydrogen-bond donors (Lipinski definition) is 3. The molecule has 0 aliphatic rings. The summed E-state index contributed by atoms with van der Waals surface area (Å²) in [6.07, 6.45) is 2.64. The topological polar surface area (TPSA) is 97.2 Å². The van der Waals surface area contributed by atoms with Crippen molar-refractivity contribution in [3.8, 4) is 0 Å². The Morgan fingerprint density at radius 2 is 2.00 bits per heavy atom. The largest absolute Gasteiger partial charge is 0.452 e. The Hall–Kier alpha value is -3.28. The Bertz CT molecular complexity index is 946. The van der Waals surface area contributed by atoms with Crippen LogP contribution in [0.4, 0.5) is 5.69 Å². The lowest BCUT2D eigenvalue weighted by Crippen LogP contribution is -2.30. The van der Waals surface area contributed by atoms with Crippen LogP contribution in [-0.2, 0) is 16.0 Å². The number of carbonyl (C=O) groups is 2. The predicted octanol–water partition coefficient (Wildman–Crippen LogP) is 2.57. The lowest BCUT2D eigenvalue weighted by atomic mass is 10.1. The standard InChI is InChI=1S/C20H21N3O3/c1-13-6-7-14(10-17(13)21)20(25)26-12-19(24)22-9-8-15-11-23-18-5-3-2-4-16(15)18/h2-7,10-11,23H,8-9,12,21H2,1H3,(H,22,24). The van der Waals surface area contributed by atoms with E-state index in [-0.39, 0.29) is 12.5 Å². The van der Waals surface area contributed by atoms with E-state index >= 15 is 0 Å². The van der Waals surface area contributed by atoms with Gasteiger partial charge in [-0.15, -0.1) is 0 Å². The molecule has 0 spiro atoms. The summed E-state index contributed by atoms with van der Waals surface area (Å²) >= 11 is 0. The molecule has 2 aromatic carbocycles. The van der Waals surface area contributed by atoms with E-state index in [2.05, 4.69) is 10.3 Å². The van der Waals surface area contributed by atoms with Crippen molar-refractivity contribution in [1.29, 1.82) is 0 Å². The van der Waals surface area contributed by atoms with Gasteiger partial charge in [0, 0.05) is 29.3 Å². The van der Waals surface area contributed by atoms with Gasteiger partial charge in [0.1, 0.15) is 0 Å². The van der Waals surface area contributed by atoms with Gasteiger partial charge in [0.15, 0.2) is 6.61 Å². The van der Waals surface area contributed by atoms with E-state index in [0.717, 1.165) is 22.0 Å². The Kier molecular flexibility index (Phi) is 5.22. The molecule has 0 saturated carbocycles. The quantitative estimate of drug-likeness (QED) is 0.470. The van der Waals surface area contributed by atoms with Crippen LogP contribution in [0.1, 0.15) is 21.5 Å². The van der Waals surface area contributed by atoms with Crippen LogP contribution in [0.15, 0.2) is 48.7 Å². The van der Waals surface area contributed by atoms with Crippen molar-refractivity contribution in [2.24, 2.45) is 0 Å². The number of amides is 1. The fraction of sp³-hybridized carbons (Fsp3) is 0.200. The molecular weight excluding hydrogens is 330 g/mol. The first-order chi connectivity index (χ1) is 12.5. The molecule has 1 amide bonds. The molecule has 4 N–H and O–H groups in total. The summed E-state index contributed by atoms with van der Waals surface area (Å²) in [6.45, 7) is 2.00. The normalized spacial score (nSPS) is 10.7. The van der Waals surface area contributed by atoms with Crippen molar-refractivity contribution in [1.82, 2.24) is 10.3 Å². The zero-order valence-electron chi connectivity index (χ0n) is 14.5. The third kappa shape index (κ3) is 4.03. The first-order valence-electron chi connectivity index (χ1n) is 8.39. The SMILES string of the molecule is Cc1ccc(C(=O)OCC(=O)NCCc2c[nH]c3ccccc23)cc1N. The molecule has 6 heteroatoms. The van der Waals surface area contributed by atoms with Gasteiger partial charge in [0.25, 0.3) is 5.91 Å². The first-order valence-corrected chi connectivity index (χ1v) is 8.39. The van der Waals surface area contributed by atoms with Crippen LogP contribution in [0.25, 0.3) is 10.9 Å². The van der Waals surface area contributed by atoms with E-state index in [4.69, 9.17) is 10.5 Å². The lowest BCUT2D eigenvalue weighted by molar-refractivity contribution is -0.124. The number of para-hydroxylation sites is 1. The number of nitrogens with two attached hydrogens (primary N) is 1. The summed E-state index contributed by atoms with van der Waals surface area (Å²) in [6, 6.07) is 12.9. The highest BCUT2D eigenvalue weighted by molar-refractivity contribution is 5.92. The Balaban J connectivity index is 1.45. The van der Waals surface area contributed by atoms with E-state index in [1.165, 1.54) is 0 Å². The van der Waals surface area contributed by atoms with E-state index < -0.39 is 5.97 Å². The van der Waals surface area contributed by atoms with E-state index in [1.807, 2.05) is 37.4 Å². The summed E-state index contributed by atoms with van der Waals surface area (Å²) in [5, 5.41) is 3.90. The van der Waals surface area contributed by atoms with Crippen molar-refractivity contribution in [2.75, 3.05) is 18.9 Å². The number of hydrogen-bond acceptors (Lipinski definition) is 4. The van der Waals surface area contributed by atoms with Crippen molar-refractivity contribution < 1.29 is 14.3 Å². The van der Waals surface area contributed by atoms with Crippen LogP contribution in [-0.4, -0.2) is 30.0 Å². The van der Waals surface area contributed by atoms with E-state index in [0.29, 0.717) is 24.2 Å². The fourth-order valence-electron chi connectivity index (χ4n) is 2.71. The number of carbonyl (C=O) groups excluding carboxylic acids is 2. The Morgan fingerprint density at radius 3 is 2.81 bits per heavy atom. The maximum atomic E-state index is 12.0. The van der Waals surface area contributed by atoms with Crippen LogP contribution in [0.3, 0.4) is 0 Å². The van der Waals surface area contributed by atoms with Crippen LogP contribution < -0.4 is 11.1 Å². The number of aryl methyl sites for hydroxylation is 1. The number of fused-ring (bicyclic) bond motifs is 1. The van der Waals surface area contributed by atoms with Gasteiger partial charge >= 0.3 is 5.97 Å². The molecule has 6 nitrogen and oxygen atoms in total. The maximum absolute atomic E-state index is 12.0. The molecule has 0 atom stereocenters. The van der Waals surface area contributed by atoms with Crippen LogP contribution in [0.2, 0.25) is 0 Å². The molecule has 0 bridgehead atoms. The third-order valence-electron chi connectivity index (χ3n) is 4.24. The summed E-state index contributed by atoms with van der Waals surface area (Å²) in [4.78, 5) is 27.0. The Labute approximate surface area is 151 Å². The second-order valence-corrected chi connectivity index (χ2v) is 6.11. The summed E-state index contributed by atoms with van der Waals surface area (Å²) in [5.74, 6) is -0.901. The second kappa shape index (κ2) is 7.74. The number of ether oxygens (including phenoxy) is 1. The minimum Gasteiger partial charge on any atom is -0.452 e. The summed E-state index contributed by atoms with van der Waals surface area (Å²) in [7, 11) is 0. The van der Waals surface area contributed by atoms with Crippen LogP contribution in [0.5, 0.6) is 0 Å². The van der Waals surface area contributed by atoms with Crippen LogP contribution >= 0.6 is 0 Å². The molecule has 0 radical (unpaired) electrons. The van der Waals surface area contributed by atoms with Gasteiger partial charge in [0.2, 0.25) is 0 Å². The number of benzene rings is 2. The Morgan fingerprint density at radius 1 is 1.19 bits per heavy atom. The molecule has 134 valence electrons. The number of aromatic amines is 1. The first kappa shape index (κ1) is 17.5. The molecule has 3 aromatic rings. The van der Waals surface area contributed by atoms with Gasteiger partial charge in [-0.2, -0.15) is 0 Å². The average Bonchev–Trinajstić information content (AvgIpc) is 3.05. The summed E-state index contributed by atoms with van der Waals surface area (Å²) < 4.78 is 5.03. The van der Waals surface area contributed by atoms with Gasteiger partial charge < -0.3 is 20.8 Å². The number of esters is 1. The summed E-state index contributed by atoms with van der Waals surface area (Å²) in [5.41, 5.74) is 9.71. The minimum atomic E-state index is -0.566. The molecule has 3 rings (SSSR count). The molecule has 26 heavy (non-hydrogen) atoms. The predicted molar refractivity (Wildman–Crippen MR) is 101 cm³/mol. The van der Waals surface area contributed by atoms with Gasteiger partial charge in [-0.05, 0) is 42.7 Å². The van der Waals surface area contributed by atoms with E-state index in [9.17, 15) is 9.59 Å². The molecule has 1 heterocycles. The second-order valence-electron chi connectivity index (χ2n) is 6.11. The number of anilines is 1. The molecule has 0 fully saturated rings. The number of aromatic nitrogens is 1. The molecular formula is C20H21N3O3. The molecule has 0 aliphatic carbocycles. The number of rotatable bonds is 6. The third-order valence-corrected chi connectivity index (χ3v) is 4.24. The minimum absolute atomic E-state index is 0.319. The molecule has 0 unspecified atom stereocenters. The molecule has 1 aromatic heterocycles. The highest BCUT2D eigenvalue weighted by Crippen LogP contribution is 2.17. The van der Waals surface area contributed by atoms with Crippen molar-refractivity contribution in [3.05, 3.63) is 65.4 Å². The van der Waals surface area contributed by atoms with Crippen molar-refractivity contribution >= 4 is 28.5 Å². The highest BCUT2D eigenvalue weighted by Gasteiger charge is 2.11. The van der Waals surface area contributed by atoms with E-state index in [1.54, 1.807) is 18.2 Å². The highest BCUT2D eigenvalue weighted by atomic mass is 16.5. The van der Waals surface area contributed by atoms with Gasteiger partial charge in [-0.25, -0.2) is 4.79 Å². The van der Waals surface area contributed by atoms with Gasteiger partial charge in [0.05, 0.1) is 5.56 Å². The zero-order chi connectivity index (χ0) is 18.5. The van der Waals surface area contributed by atoms with Crippen molar-refractivity contribution in [2.45, 2.75) is 13.3 Å². The maximum Gasteiger partial charge on any atom is 0.338 e. The van der Waals surface area contributed by atoms with Gasteiger partial charge in [-0.3, -0.25) is 4.79 Å². The fourth-order valence-corrected chi connectivity index (χ4v) is 2.71. The smallest absolute Gasteiger partial charge is 0.338 e. The van der Waals surface area contributed by atoms with Crippen LogP contribution in [0, 0.1) is 6.92 Å². The zero-order valence-corrected chi connectivity index (χ0v) is 14.5. The monoisotopic (exact) mass is 351 g/mol. The number of nitrogens with one attached hydrogen (secondary N) is 2. The molecule has 0 saturated heterocycles. The molecule has 0 aliphatic heterocycles. The number of H-pyrrole nitrogens is 1. The van der Waals surface area contributed by atoms with Crippen molar-refractivity contribution in [3.63, 3.8) is 0 Å². The van der Waals surface area contributed by atoms with Gasteiger partial charge in [-0.1, -0.05) is 24.3 Å².